The van der Waals surface area contributed by atoms with E-state index in [-0.39, 0.29) is 32.0 Å². The molecule has 0 heterocycles. The summed E-state index contributed by atoms with van der Waals surface area (Å²) in [5, 5.41) is 0. The number of rotatable bonds is 57. The van der Waals surface area contributed by atoms with Crippen molar-refractivity contribution in [3.8, 4) is 0 Å². The van der Waals surface area contributed by atoms with Crippen LogP contribution in [0.1, 0.15) is 316 Å². The quantitative estimate of drug-likeness (QED) is 0.0256. The second-order valence-corrected chi connectivity index (χ2v) is 23.5. The first-order valence-corrected chi connectivity index (χ1v) is 31.7. The summed E-state index contributed by atoms with van der Waals surface area (Å²) in [6.07, 6.45) is 58.7. The van der Waals surface area contributed by atoms with E-state index in [0.717, 1.165) is 32.1 Å². The maximum atomic E-state index is 12.8. The summed E-state index contributed by atoms with van der Waals surface area (Å²) in [5.41, 5.74) is 0. The van der Waals surface area contributed by atoms with Gasteiger partial charge in [0.15, 0.2) is 6.10 Å². The number of carbonyl (C=O) groups excluding carboxylic acids is 2. The molecule has 0 amide bonds. The zero-order valence-corrected chi connectivity index (χ0v) is 47.7. The molecule has 0 aromatic rings. The predicted octanol–water partition coefficient (Wildman–Crippen LogP) is 18.0. The van der Waals surface area contributed by atoms with Crippen molar-refractivity contribution in [2.75, 3.05) is 47.5 Å². The van der Waals surface area contributed by atoms with Crippen molar-refractivity contribution < 1.29 is 42.1 Å². The summed E-state index contributed by atoms with van der Waals surface area (Å²) in [5.74, 6) is -0.807. The van der Waals surface area contributed by atoms with Crippen LogP contribution in [-0.4, -0.2) is 70.0 Å². The Morgan fingerprint density at radius 2 is 0.652 bits per heavy atom. The largest absolute Gasteiger partial charge is 0.756 e. The molecule has 0 aromatic heterocycles. The topological polar surface area (TPSA) is 111 Å². The molecule has 412 valence electrons. The number of phosphoric acid groups is 1. The first-order chi connectivity index (χ1) is 33.5. The van der Waals surface area contributed by atoms with Gasteiger partial charge in [-0.1, -0.05) is 290 Å². The Bertz CT molecular complexity index is 1130. The maximum absolute atomic E-state index is 12.8. The first kappa shape index (κ1) is 68.0. The molecule has 0 rings (SSSR count). The molecular weight excluding hydrogens is 882 g/mol. The van der Waals surface area contributed by atoms with Crippen LogP contribution in [0.2, 0.25) is 0 Å². The van der Waals surface area contributed by atoms with Gasteiger partial charge in [0, 0.05) is 12.8 Å². The fraction of sp³-hybridized carbons (Fsp3) is 0.966. The molecular formula is C59H118NO8P. The van der Waals surface area contributed by atoms with Crippen LogP contribution in [0.25, 0.3) is 0 Å². The van der Waals surface area contributed by atoms with Crippen LogP contribution in [0.5, 0.6) is 0 Å². The Balaban J connectivity index is 4.08. The summed E-state index contributed by atoms with van der Waals surface area (Å²) in [6.45, 7) is 4.32. The highest BCUT2D eigenvalue weighted by Gasteiger charge is 2.22. The zero-order chi connectivity index (χ0) is 50.6. The molecule has 1 unspecified atom stereocenters. The van der Waals surface area contributed by atoms with E-state index in [1.807, 2.05) is 21.1 Å². The molecule has 0 bridgehead atoms. The molecule has 0 aromatic carbocycles. The summed E-state index contributed by atoms with van der Waals surface area (Å²) in [4.78, 5) is 37.9. The minimum atomic E-state index is -4.63. The lowest BCUT2D eigenvalue weighted by Crippen LogP contribution is -2.37. The van der Waals surface area contributed by atoms with E-state index in [2.05, 4.69) is 13.8 Å². The molecule has 0 saturated carbocycles. The van der Waals surface area contributed by atoms with E-state index < -0.39 is 26.5 Å². The van der Waals surface area contributed by atoms with Crippen molar-refractivity contribution in [1.29, 1.82) is 0 Å². The Hall–Kier alpha value is -0.990. The fourth-order valence-corrected chi connectivity index (χ4v) is 9.92. The van der Waals surface area contributed by atoms with Gasteiger partial charge in [-0.15, -0.1) is 0 Å². The number of esters is 2. The predicted molar refractivity (Wildman–Crippen MR) is 292 cm³/mol. The highest BCUT2D eigenvalue weighted by atomic mass is 31.2. The van der Waals surface area contributed by atoms with Crippen molar-refractivity contribution >= 4 is 19.8 Å². The third-order valence-corrected chi connectivity index (χ3v) is 14.8. The van der Waals surface area contributed by atoms with E-state index in [1.165, 1.54) is 250 Å². The Morgan fingerprint density at radius 3 is 0.928 bits per heavy atom. The average Bonchev–Trinajstić information content (AvgIpc) is 3.31. The average molecular weight is 1000 g/mol. The second kappa shape index (κ2) is 51.9. The van der Waals surface area contributed by atoms with Gasteiger partial charge in [0.2, 0.25) is 0 Å². The Morgan fingerprint density at radius 1 is 0.391 bits per heavy atom. The molecule has 0 aliphatic carbocycles. The minimum absolute atomic E-state index is 0.0250. The third-order valence-electron chi connectivity index (χ3n) is 13.9. The molecule has 0 spiro atoms. The summed E-state index contributed by atoms with van der Waals surface area (Å²) >= 11 is 0. The van der Waals surface area contributed by atoms with Crippen LogP contribution < -0.4 is 4.89 Å². The molecule has 0 radical (unpaired) electrons. The van der Waals surface area contributed by atoms with E-state index in [9.17, 15) is 19.0 Å². The molecule has 0 aliphatic heterocycles. The summed E-state index contributed by atoms with van der Waals surface area (Å²) in [6, 6.07) is 0. The fourth-order valence-electron chi connectivity index (χ4n) is 9.19. The van der Waals surface area contributed by atoms with Crippen LogP contribution in [0.3, 0.4) is 0 Å². The number of ether oxygens (including phenoxy) is 2. The first-order valence-electron chi connectivity index (χ1n) is 30.2. The van der Waals surface area contributed by atoms with E-state index in [1.54, 1.807) is 0 Å². The number of hydrogen-bond donors (Lipinski definition) is 0. The van der Waals surface area contributed by atoms with Crippen molar-refractivity contribution in [3.05, 3.63) is 0 Å². The normalized spacial score (nSPS) is 13.2. The van der Waals surface area contributed by atoms with Crippen molar-refractivity contribution in [2.24, 2.45) is 0 Å². The highest BCUT2D eigenvalue weighted by molar-refractivity contribution is 7.45. The lowest BCUT2D eigenvalue weighted by atomic mass is 10.0. The molecule has 9 nitrogen and oxygen atoms in total. The number of likely N-dealkylation sites (N-methyl/N-ethyl adjacent to an activating group) is 1. The van der Waals surface area contributed by atoms with Gasteiger partial charge in [0.05, 0.1) is 27.7 Å². The van der Waals surface area contributed by atoms with Gasteiger partial charge in [0.1, 0.15) is 19.8 Å². The van der Waals surface area contributed by atoms with Gasteiger partial charge in [0.25, 0.3) is 7.82 Å². The van der Waals surface area contributed by atoms with Crippen LogP contribution in [0.15, 0.2) is 0 Å². The molecule has 10 heteroatoms. The lowest BCUT2D eigenvalue weighted by Gasteiger charge is -2.28. The number of hydrogen-bond acceptors (Lipinski definition) is 8. The lowest BCUT2D eigenvalue weighted by molar-refractivity contribution is -0.870. The Kier molecular flexibility index (Phi) is 51.1. The zero-order valence-electron chi connectivity index (χ0n) is 46.8. The van der Waals surface area contributed by atoms with E-state index in [4.69, 9.17) is 18.5 Å². The van der Waals surface area contributed by atoms with Crippen LogP contribution in [0, 0.1) is 0 Å². The maximum Gasteiger partial charge on any atom is 0.306 e. The summed E-state index contributed by atoms with van der Waals surface area (Å²) < 4.78 is 34.2. The van der Waals surface area contributed by atoms with Crippen LogP contribution in [-0.2, 0) is 32.7 Å². The number of carbonyl (C=O) groups is 2. The van der Waals surface area contributed by atoms with E-state index >= 15 is 0 Å². The molecule has 69 heavy (non-hydrogen) atoms. The summed E-state index contributed by atoms with van der Waals surface area (Å²) in [7, 11) is 1.19. The SMILES string of the molecule is CCCCCCCCCCCCCCCCCCCCCCCCCC(=O)OC[C@H](COP(=O)([O-])OCC[N+](C)(C)C)OC(=O)CCCCCCCCCCCCCCCCCCCCCCCC. The van der Waals surface area contributed by atoms with Gasteiger partial charge in [-0.2, -0.15) is 0 Å². The standard InChI is InChI=1S/C59H118NO8P/c1-6-8-10-12-14-16-18-20-22-24-26-28-30-32-33-35-37-39-41-43-45-47-49-51-58(61)65-55-57(56-67-69(63,64)66-54-53-60(3,4)5)68-59(62)52-50-48-46-44-42-40-38-36-34-31-29-27-25-23-21-19-17-15-13-11-9-7-2/h57H,6-56H2,1-5H3/t57-/m1/s1. The van der Waals surface area contributed by atoms with Crippen molar-refractivity contribution in [2.45, 2.75) is 322 Å². The minimum Gasteiger partial charge on any atom is -0.756 e. The number of phosphoric ester groups is 1. The molecule has 0 fully saturated rings. The van der Waals surface area contributed by atoms with Crippen LogP contribution >= 0.6 is 7.82 Å². The van der Waals surface area contributed by atoms with Gasteiger partial charge in [-0.05, 0) is 12.8 Å². The van der Waals surface area contributed by atoms with Crippen LogP contribution in [0.4, 0.5) is 0 Å². The van der Waals surface area contributed by atoms with E-state index in [0.29, 0.717) is 17.4 Å². The molecule has 2 atom stereocenters. The molecule has 0 N–H and O–H groups in total. The Labute approximate surface area is 429 Å². The second-order valence-electron chi connectivity index (χ2n) is 22.1. The number of quaternary nitrogens is 1. The van der Waals surface area contributed by atoms with Crippen molar-refractivity contribution in [1.82, 2.24) is 0 Å². The molecule has 0 saturated heterocycles. The van der Waals surface area contributed by atoms with Gasteiger partial charge in [-0.25, -0.2) is 0 Å². The smallest absolute Gasteiger partial charge is 0.306 e. The van der Waals surface area contributed by atoms with Gasteiger partial charge in [-0.3, -0.25) is 14.2 Å². The monoisotopic (exact) mass is 1000 g/mol. The van der Waals surface area contributed by atoms with Crippen molar-refractivity contribution in [3.63, 3.8) is 0 Å². The van der Waals surface area contributed by atoms with Gasteiger partial charge >= 0.3 is 11.9 Å². The number of unbranched alkanes of at least 4 members (excludes halogenated alkanes) is 43. The molecule has 0 aliphatic rings. The highest BCUT2D eigenvalue weighted by Crippen LogP contribution is 2.38. The third kappa shape index (κ3) is 56.2. The number of nitrogens with zero attached hydrogens (tertiary/aromatic N) is 1. The van der Waals surface area contributed by atoms with Gasteiger partial charge < -0.3 is 27.9 Å².